The molecular weight excluding hydrogens is 212 g/mol. The number of ether oxygens (including phenoxy) is 1. The zero-order chi connectivity index (χ0) is 12.7. The fourth-order valence-electron chi connectivity index (χ4n) is 1.88. The summed E-state index contributed by atoms with van der Waals surface area (Å²) in [5, 5.41) is 0. The van der Waals surface area contributed by atoms with E-state index >= 15 is 0 Å². The summed E-state index contributed by atoms with van der Waals surface area (Å²) in [6.07, 6.45) is 1.12. The third kappa shape index (κ3) is 4.02. The maximum atomic E-state index is 5.68. The summed E-state index contributed by atoms with van der Waals surface area (Å²) >= 11 is 0. The smallest absolute Gasteiger partial charge is 0.0637 e. The van der Waals surface area contributed by atoms with E-state index in [0.29, 0.717) is 12.6 Å². The van der Waals surface area contributed by atoms with Crippen LogP contribution >= 0.6 is 0 Å². The lowest BCUT2D eigenvalue weighted by Gasteiger charge is -2.31. The van der Waals surface area contributed by atoms with Crippen LogP contribution in [0.4, 0.5) is 5.69 Å². The highest BCUT2D eigenvalue weighted by molar-refractivity contribution is 5.49. The van der Waals surface area contributed by atoms with Crippen molar-refractivity contribution >= 4 is 5.69 Å². The second-order valence-corrected chi connectivity index (χ2v) is 4.32. The van der Waals surface area contributed by atoms with Crippen molar-refractivity contribution in [2.75, 3.05) is 25.2 Å². The lowest BCUT2D eigenvalue weighted by atomic mass is 10.1. The van der Waals surface area contributed by atoms with Crippen molar-refractivity contribution in [1.29, 1.82) is 0 Å². The Kier molecular flexibility index (Phi) is 6.01. The second kappa shape index (κ2) is 7.30. The molecule has 0 saturated heterocycles. The lowest BCUT2D eigenvalue weighted by Crippen LogP contribution is -2.35. The molecule has 17 heavy (non-hydrogen) atoms. The normalized spacial score (nSPS) is 12.5. The molecule has 96 valence electrons. The lowest BCUT2D eigenvalue weighted by molar-refractivity contribution is 0.203. The number of nitrogens with zero attached hydrogens (tertiary/aromatic N) is 1. The molecule has 0 aliphatic heterocycles. The standard InChI is InChI=1S/C14H24N2O/c1-4-12(2)16(8-9-17-3)14-7-5-6-13(10-14)11-15/h5-7,10,12H,4,8-9,11,15H2,1-3H3. The molecule has 0 saturated carbocycles. The first-order valence-electron chi connectivity index (χ1n) is 6.27. The van der Waals surface area contributed by atoms with Crippen LogP contribution in [0, 0.1) is 0 Å². The van der Waals surface area contributed by atoms with Gasteiger partial charge in [0.25, 0.3) is 0 Å². The molecule has 3 nitrogen and oxygen atoms in total. The first-order valence-corrected chi connectivity index (χ1v) is 6.27. The van der Waals surface area contributed by atoms with Crippen LogP contribution in [-0.4, -0.2) is 26.3 Å². The highest BCUT2D eigenvalue weighted by Crippen LogP contribution is 2.19. The van der Waals surface area contributed by atoms with Crippen LogP contribution in [0.1, 0.15) is 25.8 Å². The molecule has 1 aromatic carbocycles. The van der Waals surface area contributed by atoms with Crippen molar-refractivity contribution in [2.45, 2.75) is 32.9 Å². The summed E-state index contributed by atoms with van der Waals surface area (Å²) in [7, 11) is 1.74. The van der Waals surface area contributed by atoms with Crippen molar-refractivity contribution in [3.63, 3.8) is 0 Å². The molecule has 0 aliphatic carbocycles. The van der Waals surface area contributed by atoms with Crippen LogP contribution in [0.25, 0.3) is 0 Å². The van der Waals surface area contributed by atoms with E-state index in [1.54, 1.807) is 7.11 Å². The highest BCUT2D eigenvalue weighted by atomic mass is 16.5. The number of nitrogens with two attached hydrogens (primary N) is 1. The Bertz CT molecular complexity index is 328. The molecule has 0 bridgehead atoms. The topological polar surface area (TPSA) is 38.5 Å². The van der Waals surface area contributed by atoms with E-state index in [9.17, 15) is 0 Å². The SMILES string of the molecule is CCC(C)N(CCOC)c1cccc(CN)c1. The van der Waals surface area contributed by atoms with E-state index in [-0.39, 0.29) is 0 Å². The number of anilines is 1. The van der Waals surface area contributed by atoms with Crippen molar-refractivity contribution in [1.82, 2.24) is 0 Å². The molecule has 1 aromatic rings. The van der Waals surface area contributed by atoms with Gasteiger partial charge in [0.1, 0.15) is 0 Å². The molecule has 0 spiro atoms. The van der Waals surface area contributed by atoms with Gasteiger partial charge >= 0.3 is 0 Å². The molecule has 3 heteroatoms. The molecule has 0 radical (unpaired) electrons. The second-order valence-electron chi connectivity index (χ2n) is 4.32. The minimum Gasteiger partial charge on any atom is -0.383 e. The van der Waals surface area contributed by atoms with E-state index in [0.717, 1.165) is 19.6 Å². The Labute approximate surface area is 105 Å². The Morgan fingerprint density at radius 2 is 2.18 bits per heavy atom. The third-order valence-corrected chi connectivity index (χ3v) is 3.14. The van der Waals surface area contributed by atoms with Crippen LogP contribution in [-0.2, 0) is 11.3 Å². The van der Waals surface area contributed by atoms with Gasteiger partial charge in [-0.25, -0.2) is 0 Å². The predicted octanol–water partition coefficient (Wildman–Crippen LogP) is 2.40. The van der Waals surface area contributed by atoms with Gasteiger partial charge in [-0.15, -0.1) is 0 Å². The monoisotopic (exact) mass is 236 g/mol. The molecule has 2 N–H and O–H groups in total. The van der Waals surface area contributed by atoms with Gasteiger partial charge < -0.3 is 15.4 Å². The van der Waals surface area contributed by atoms with Gasteiger partial charge in [-0.05, 0) is 31.0 Å². The van der Waals surface area contributed by atoms with Gasteiger partial charge in [-0.2, -0.15) is 0 Å². The number of hydrogen-bond acceptors (Lipinski definition) is 3. The number of benzene rings is 1. The van der Waals surface area contributed by atoms with E-state index in [2.05, 4.69) is 43.0 Å². The summed E-state index contributed by atoms with van der Waals surface area (Å²) in [4.78, 5) is 2.38. The highest BCUT2D eigenvalue weighted by Gasteiger charge is 2.12. The van der Waals surface area contributed by atoms with Gasteiger partial charge in [-0.1, -0.05) is 19.1 Å². The Balaban J connectivity index is 2.86. The van der Waals surface area contributed by atoms with Crippen LogP contribution in [0.5, 0.6) is 0 Å². The van der Waals surface area contributed by atoms with Gasteiger partial charge in [0.2, 0.25) is 0 Å². The zero-order valence-electron chi connectivity index (χ0n) is 11.1. The van der Waals surface area contributed by atoms with E-state index in [4.69, 9.17) is 10.5 Å². The summed E-state index contributed by atoms with van der Waals surface area (Å²) in [6, 6.07) is 8.95. The fraction of sp³-hybridized carbons (Fsp3) is 0.571. The van der Waals surface area contributed by atoms with E-state index < -0.39 is 0 Å². The summed E-state index contributed by atoms with van der Waals surface area (Å²) < 4.78 is 5.18. The largest absolute Gasteiger partial charge is 0.383 e. The van der Waals surface area contributed by atoms with Crippen LogP contribution < -0.4 is 10.6 Å². The van der Waals surface area contributed by atoms with Gasteiger partial charge in [0.15, 0.2) is 0 Å². The minimum atomic E-state index is 0.512. The van der Waals surface area contributed by atoms with E-state index in [1.807, 2.05) is 0 Å². The molecule has 0 amide bonds. The fourth-order valence-corrected chi connectivity index (χ4v) is 1.88. The van der Waals surface area contributed by atoms with Crippen LogP contribution in [0.3, 0.4) is 0 Å². The summed E-state index contributed by atoms with van der Waals surface area (Å²) in [5.41, 5.74) is 8.09. The number of methoxy groups -OCH3 is 1. The van der Waals surface area contributed by atoms with Crippen LogP contribution in [0.15, 0.2) is 24.3 Å². The first-order chi connectivity index (χ1) is 8.22. The van der Waals surface area contributed by atoms with E-state index in [1.165, 1.54) is 11.3 Å². The molecule has 0 heterocycles. The van der Waals surface area contributed by atoms with Crippen LogP contribution in [0.2, 0.25) is 0 Å². The van der Waals surface area contributed by atoms with Gasteiger partial charge in [0, 0.05) is 31.9 Å². The maximum absolute atomic E-state index is 5.68. The summed E-state index contributed by atoms with van der Waals surface area (Å²) in [6.45, 7) is 6.70. The maximum Gasteiger partial charge on any atom is 0.0637 e. The molecule has 1 rings (SSSR count). The molecule has 0 fully saturated rings. The van der Waals surface area contributed by atoms with Gasteiger partial charge in [0.05, 0.1) is 6.61 Å². The Hall–Kier alpha value is -1.06. The molecule has 1 atom stereocenters. The van der Waals surface area contributed by atoms with Crippen molar-refractivity contribution in [3.8, 4) is 0 Å². The number of rotatable bonds is 7. The average Bonchev–Trinajstić information content (AvgIpc) is 2.39. The molecule has 0 aromatic heterocycles. The number of hydrogen-bond donors (Lipinski definition) is 1. The summed E-state index contributed by atoms with van der Waals surface area (Å²) in [5.74, 6) is 0. The van der Waals surface area contributed by atoms with Gasteiger partial charge in [-0.3, -0.25) is 0 Å². The van der Waals surface area contributed by atoms with Crippen molar-refractivity contribution in [2.24, 2.45) is 5.73 Å². The molecular formula is C14H24N2O. The molecule has 1 unspecified atom stereocenters. The Morgan fingerprint density at radius 3 is 2.76 bits per heavy atom. The van der Waals surface area contributed by atoms with Crippen molar-refractivity contribution < 1.29 is 4.74 Å². The predicted molar refractivity (Wildman–Crippen MR) is 73.3 cm³/mol. The minimum absolute atomic E-state index is 0.512. The zero-order valence-corrected chi connectivity index (χ0v) is 11.1. The Morgan fingerprint density at radius 1 is 1.41 bits per heavy atom. The molecule has 0 aliphatic rings. The average molecular weight is 236 g/mol. The first kappa shape index (κ1) is 14.0. The third-order valence-electron chi connectivity index (χ3n) is 3.14. The van der Waals surface area contributed by atoms with Crippen molar-refractivity contribution in [3.05, 3.63) is 29.8 Å². The quantitative estimate of drug-likeness (QED) is 0.790.